The molecule has 0 bridgehead atoms. The van der Waals surface area contributed by atoms with Crippen LogP contribution in [0.3, 0.4) is 0 Å². The Hall–Kier alpha value is -3.40. The summed E-state index contributed by atoms with van der Waals surface area (Å²) in [6, 6.07) is 6.95. The number of aliphatic carboxylic acids is 1. The van der Waals surface area contributed by atoms with Crippen molar-refractivity contribution in [3.63, 3.8) is 0 Å². The Kier molecular flexibility index (Phi) is 7.24. The van der Waals surface area contributed by atoms with E-state index in [1.807, 2.05) is 12.3 Å². The molecule has 5 N–H and O–H groups in total. The highest BCUT2D eigenvalue weighted by molar-refractivity contribution is 7.09. The molecule has 1 aromatic carbocycles. The average Bonchev–Trinajstić information content (AvgIpc) is 3.45. The van der Waals surface area contributed by atoms with Crippen LogP contribution < -0.4 is 16.0 Å². The number of amides is 2. The molecule has 1 aromatic heterocycles. The van der Waals surface area contributed by atoms with E-state index < -0.39 is 35.8 Å². The maximum Gasteiger partial charge on any atom is 0.322 e. The van der Waals surface area contributed by atoms with Gasteiger partial charge in [-0.1, -0.05) is 25.0 Å². The molecule has 0 atom stereocenters. The van der Waals surface area contributed by atoms with Crippen LogP contribution in [0.5, 0.6) is 0 Å². The van der Waals surface area contributed by atoms with E-state index in [0.717, 1.165) is 35.5 Å². The first kappa shape index (κ1) is 22.3. The Bertz CT molecular complexity index is 995. The zero-order valence-electron chi connectivity index (χ0n) is 17.0. The molecule has 1 saturated carbocycles. The molecule has 1 aliphatic rings. The fourth-order valence-corrected chi connectivity index (χ4v) is 3.49. The van der Waals surface area contributed by atoms with Gasteiger partial charge in [-0.15, -0.1) is 11.3 Å². The molecule has 3 rings (SSSR count). The van der Waals surface area contributed by atoms with Crippen LogP contribution in [0.1, 0.15) is 24.3 Å². The lowest BCUT2D eigenvalue weighted by molar-refractivity contribution is -0.137. The van der Waals surface area contributed by atoms with Crippen LogP contribution >= 0.6 is 11.3 Å². The lowest BCUT2D eigenvalue weighted by atomic mass is 10.1. The molecule has 0 unspecified atom stereocenters. The van der Waals surface area contributed by atoms with Crippen molar-refractivity contribution in [1.29, 1.82) is 0 Å². The quantitative estimate of drug-likeness (QED) is 0.164. The number of carboxylic acid groups (broad SMARTS) is 1. The number of anilines is 1. The van der Waals surface area contributed by atoms with E-state index in [4.69, 9.17) is 5.11 Å². The first-order valence-corrected chi connectivity index (χ1v) is 10.7. The van der Waals surface area contributed by atoms with Gasteiger partial charge in [0.1, 0.15) is 6.54 Å². The summed E-state index contributed by atoms with van der Waals surface area (Å²) in [4.78, 5) is 40.1. The second-order valence-corrected chi connectivity index (χ2v) is 8.30. The molecule has 0 saturated heterocycles. The van der Waals surface area contributed by atoms with Crippen molar-refractivity contribution in [2.75, 3.05) is 18.4 Å². The van der Waals surface area contributed by atoms with Gasteiger partial charge in [-0.3, -0.25) is 14.4 Å². The van der Waals surface area contributed by atoms with Gasteiger partial charge in [-0.2, -0.15) is 0 Å². The minimum atomic E-state index is -1.26. The zero-order valence-corrected chi connectivity index (χ0v) is 17.8. The second-order valence-electron chi connectivity index (χ2n) is 7.24. The maximum absolute atomic E-state index is 12.5. The number of carbonyl (C=O) groups excluding carboxylic acids is 2. The number of aryl methyl sites for hydroxylation is 1. The van der Waals surface area contributed by atoms with Crippen molar-refractivity contribution in [3.8, 4) is 11.3 Å². The van der Waals surface area contributed by atoms with Crippen LogP contribution in [0.2, 0.25) is 0 Å². The summed E-state index contributed by atoms with van der Waals surface area (Å²) in [6.07, 6.45) is 3.05. The Morgan fingerprint density at radius 2 is 1.77 bits per heavy atom. The van der Waals surface area contributed by atoms with Crippen molar-refractivity contribution in [1.82, 2.24) is 15.6 Å². The molecule has 0 radical (unpaired) electrons. The average molecular weight is 445 g/mol. The van der Waals surface area contributed by atoms with Crippen LogP contribution in [0.15, 0.2) is 41.1 Å². The third-order valence-electron chi connectivity index (χ3n) is 4.69. The maximum atomic E-state index is 12.5. The van der Waals surface area contributed by atoms with Crippen molar-refractivity contribution in [3.05, 3.63) is 46.1 Å². The predicted octanol–water partition coefficient (Wildman–Crippen LogP) is 2.42. The highest BCUT2D eigenvalue weighted by Crippen LogP contribution is 2.31. The summed E-state index contributed by atoms with van der Waals surface area (Å²) < 4.78 is 0. The summed E-state index contributed by atoms with van der Waals surface area (Å²) >= 11 is 1.54. The van der Waals surface area contributed by atoms with Gasteiger partial charge in [0.15, 0.2) is 5.57 Å². The summed E-state index contributed by atoms with van der Waals surface area (Å²) in [7, 11) is 0. The number of benzene rings is 1. The number of carboxylic acids is 1. The lowest BCUT2D eigenvalue weighted by Gasteiger charge is -2.13. The van der Waals surface area contributed by atoms with Gasteiger partial charge in [-0.05, 0) is 31.4 Å². The summed E-state index contributed by atoms with van der Waals surface area (Å²) in [6.45, 7) is 1.61. The Labute approximate surface area is 183 Å². The van der Waals surface area contributed by atoms with Crippen LogP contribution in [0, 0.1) is 12.8 Å². The van der Waals surface area contributed by atoms with E-state index >= 15 is 0 Å². The number of aliphatic hydroxyl groups is 1. The number of nitrogens with one attached hydrogen (secondary N) is 3. The van der Waals surface area contributed by atoms with Crippen molar-refractivity contribution >= 4 is 34.8 Å². The highest BCUT2D eigenvalue weighted by Gasteiger charge is 2.26. The van der Waals surface area contributed by atoms with E-state index in [2.05, 4.69) is 20.9 Å². The Balaban J connectivity index is 1.73. The number of hydrogen-bond donors (Lipinski definition) is 5. The Morgan fingerprint density at radius 3 is 2.35 bits per heavy atom. The monoisotopic (exact) mass is 444 g/mol. The first-order chi connectivity index (χ1) is 14.8. The van der Waals surface area contributed by atoms with Gasteiger partial charge in [0.05, 0.1) is 10.7 Å². The standard InChI is InChI=1S/C21H24N4O5S/c1-12-24-16(11-31-12)14-4-6-15(7-5-14)25-21(30)18(20(29)23-10-17(26)27)19(28)22-9-8-13-2-3-13/h4-7,11,13,25,30H,2-3,8-10H2,1H3,(H,22,28)(H,23,29)(H,26,27)/b21-18-. The molecular formula is C21H24N4O5S. The van der Waals surface area contributed by atoms with Crippen LogP contribution in [0.25, 0.3) is 11.3 Å². The number of thiazole rings is 1. The molecule has 0 spiro atoms. The fraction of sp³-hybridized carbons (Fsp3) is 0.333. The SMILES string of the molecule is Cc1nc(-c2ccc(N/C(O)=C(\C(=O)NCCC3CC3)C(=O)NCC(=O)O)cc2)cs1. The molecule has 1 aliphatic carbocycles. The summed E-state index contributed by atoms with van der Waals surface area (Å²) in [5.74, 6) is -3.10. The molecule has 0 aliphatic heterocycles. The highest BCUT2D eigenvalue weighted by atomic mass is 32.1. The minimum absolute atomic E-state index is 0.369. The minimum Gasteiger partial charge on any atom is -0.494 e. The summed E-state index contributed by atoms with van der Waals surface area (Å²) in [5, 5.41) is 29.5. The van der Waals surface area contributed by atoms with Crippen molar-refractivity contribution in [2.24, 2.45) is 5.92 Å². The number of carbonyl (C=O) groups is 3. The molecule has 1 fully saturated rings. The molecule has 2 aromatic rings. The number of nitrogens with zero attached hydrogens (tertiary/aromatic N) is 1. The third kappa shape index (κ3) is 6.54. The molecule has 2 amide bonds. The molecule has 164 valence electrons. The number of aliphatic hydroxyl groups excluding tert-OH is 1. The lowest BCUT2D eigenvalue weighted by Crippen LogP contribution is -2.39. The first-order valence-electron chi connectivity index (χ1n) is 9.84. The van der Waals surface area contributed by atoms with E-state index in [1.165, 1.54) is 11.3 Å². The van der Waals surface area contributed by atoms with E-state index in [-0.39, 0.29) is 0 Å². The van der Waals surface area contributed by atoms with E-state index in [1.54, 1.807) is 24.3 Å². The zero-order chi connectivity index (χ0) is 22.4. The van der Waals surface area contributed by atoms with Gasteiger partial charge in [0.2, 0.25) is 5.88 Å². The van der Waals surface area contributed by atoms with Gasteiger partial charge >= 0.3 is 5.97 Å². The molecule has 31 heavy (non-hydrogen) atoms. The van der Waals surface area contributed by atoms with Gasteiger partial charge < -0.3 is 26.2 Å². The summed E-state index contributed by atoms with van der Waals surface area (Å²) in [5.41, 5.74) is 1.59. The van der Waals surface area contributed by atoms with Crippen LogP contribution in [-0.4, -0.2) is 46.1 Å². The number of rotatable bonds is 10. The molecule has 1 heterocycles. The van der Waals surface area contributed by atoms with Gasteiger partial charge in [-0.25, -0.2) is 4.98 Å². The predicted molar refractivity (Wildman–Crippen MR) is 117 cm³/mol. The number of hydrogen-bond acceptors (Lipinski definition) is 7. The molecule has 9 nitrogen and oxygen atoms in total. The topological polar surface area (TPSA) is 141 Å². The Morgan fingerprint density at radius 1 is 1.10 bits per heavy atom. The number of aromatic nitrogens is 1. The smallest absolute Gasteiger partial charge is 0.322 e. The van der Waals surface area contributed by atoms with Crippen molar-refractivity contribution < 1.29 is 24.6 Å². The van der Waals surface area contributed by atoms with Gasteiger partial charge in [0, 0.05) is 23.2 Å². The largest absolute Gasteiger partial charge is 0.494 e. The second kappa shape index (κ2) is 10.1. The van der Waals surface area contributed by atoms with Gasteiger partial charge in [0.25, 0.3) is 11.8 Å². The van der Waals surface area contributed by atoms with E-state index in [9.17, 15) is 19.5 Å². The van der Waals surface area contributed by atoms with Crippen LogP contribution in [-0.2, 0) is 14.4 Å². The van der Waals surface area contributed by atoms with Crippen LogP contribution in [0.4, 0.5) is 5.69 Å². The normalized spacial score (nSPS) is 13.8. The fourth-order valence-electron chi connectivity index (χ4n) is 2.87. The third-order valence-corrected chi connectivity index (χ3v) is 5.46. The van der Waals surface area contributed by atoms with Crippen molar-refractivity contribution in [2.45, 2.75) is 26.2 Å². The van der Waals surface area contributed by atoms with E-state index in [0.29, 0.717) is 18.2 Å². The molecular weight excluding hydrogens is 420 g/mol. The molecule has 10 heteroatoms.